The van der Waals surface area contributed by atoms with E-state index in [1.807, 2.05) is 48.5 Å². The van der Waals surface area contributed by atoms with E-state index in [9.17, 15) is 14.4 Å². The molecule has 0 bridgehead atoms. The molecule has 0 spiro atoms. The van der Waals surface area contributed by atoms with Gasteiger partial charge in [-0.15, -0.1) is 0 Å². The van der Waals surface area contributed by atoms with Gasteiger partial charge in [-0.3, -0.25) is 15.2 Å². The Morgan fingerprint density at radius 2 is 1.71 bits per heavy atom. The molecule has 2 aromatic heterocycles. The first-order valence-corrected chi connectivity index (χ1v) is 9.49. The van der Waals surface area contributed by atoms with Crippen molar-refractivity contribution in [1.29, 1.82) is 0 Å². The van der Waals surface area contributed by atoms with Crippen molar-refractivity contribution < 1.29 is 19.4 Å². The molecule has 0 atom stereocenters. The molecule has 0 fully saturated rings. The molecule has 0 aliphatic heterocycles. The van der Waals surface area contributed by atoms with Crippen LogP contribution in [0.15, 0.2) is 59.4 Å². The van der Waals surface area contributed by atoms with Crippen molar-refractivity contribution in [3.05, 3.63) is 81.6 Å². The third kappa shape index (κ3) is 3.12. The molecular weight excluding hydrogens is 400 g/mol. The van der Waals surface area contributed by atoms with Crippen molar-refractivity contribution >= 4 is 28.9 Å². The van der Waals surface area contributed by atoms with E-state index >= 15 is 0 Å². The smallest absolute Gasteiger partial charge is 0.412 e. The molecule has 31 heavy (non-hydrogen) atoms. The van der Waals surface area contributed by atoms with Gasteiger partial charge >= 0.3 is 12.1 Å². The van der Waals surface area contributed by atoms with Crippen LogP contribution in [0.1, 0.15) is 27.4 Å². The minimum absolute atomic E-state index is 0.0611. The number of aromatic nitrogens is 3. The Balaban J connectivity index is 1.36. The first kappa shape index (κ1) is 18.6. The number of pyridine rings is 1. The van der Waals surface area contributed by atoms with E-state index in [0.29, 0.717) is 0 Å². The largest absolute Gasteiger partial charge is 0.477 e. The average molecular weight is 416 g/mol. The molecule has 2 heterocycles. The van der Waals surface area contributed by atoms with Crippen LogP contribution in [-0.4, -0.2) is 39.0 Å². The monoisotopic (exact) mass is 416 g/mol. The summed E-state index contributed by atoms with van der Waals surface area (Å²) < 4.78 is 5.47. The number of hydrogen-bond donors (Lipinski definition) is 4. The van der Waals surface area contributed by atoms with Gasteiger partial charge in [-0.05, 0) is 28.3 Å². The fourth-order valence-electron chi connectivity index (χ4n) is 3.96. The Labute approximate surface area is 174 Å². The molecule has 9 heteroatoms. The first-order valence-electron chi connectivity index (χ1n) is 9.49. The SMILES string of the molecule is O=C(Nc1n[nH]c2[nH]c(=O)c(C(=O)O)cc12)OCC1c2ccccc2-c2ccccc21. The summed E-state index contributed by atoms with van der Waals surface area (Å²) in [6, 6.07) is 17.1. The molecule has 2 aromatic carbocycles. The Bertz CT molecular complexity index is 1360. The van der Waals surface area contributed by atoms with E-state index < -0.39 is 23.2 Å². The van der Waals surface area contributed by atoms with Gasteiger partial charge in [0.25, 0.3) is 5.56 Å². The number of benzene rings is 2. The van der Waals surface area contributed by atoms with Crippen LogP contribution in [0.2, 0.25) is 0 Å². The van der Waals surface area contributed by atoms with Crippen molar-refractivity contribution in [2.75, 3.05) is 11.9 Å². The van der Waals surface area contributed by atoms with E-state index in [1.165, 1.54) is 0 Å². The summed E-state index contributed by atoms with van der Waals surface area (Å²) in [5.74, 6) is -1.41. The summed E-state index contributed by atoms with van der Waals surface area (Å²) in [6.07, 6.45) is -0.738. The van der Waals surface area contributed by atoms with E-state index in [4.69, 9.17) is 9.84 Å². The third-order valence-electron chi connectivity index (χ3n) is 5.37. The van der Waals surface area contributed by atoms with Crippen molar-refractivity contribution in [2.24, 2.45) is 0 Å². The quantitative estimate of drug-likeness (QED) is 0.403. The number of aromatic carboxylic acids is 1. The fourth-order valence-corrected chi connectivity index (χ4v) is 3.96. The standard InChI is InChI=1S/C22H16N4O5/c27-20-16(21(28)29)9-15-18(23-20)25-26-19(15)24-22(30)31-10-17-13-7-3-1-5-11(13)12-6-2-4-8-14(12)17/h1-9,17H,10H2,(H,28,29)(H3,23,24,25,26,27,30). The zero-order valence-corrected chi connectivity index (χ0v) is 16.0. The summed E-state index contributed by atoms with van der Waals surface area (Å²) >= 11 is 0. The lowest BCUT2D eigenvalue weighted by Crippen LogP contribution is -2.19. The van der Waals surface area contributed by atoms with E-state index in [0.717, 1.165) is 28.3 Å². The lowest BCUT2D eigenvalue weighted by molar-refractivity contribution is 0.0695. The zero-order valence-electron chi connectivity index (χ0n) is 16.0. The van der Waals surface area contributed by atoms with Crippen LogP contribution in [0.4, 0.5) is 10.6 Å². The second-order valence-corrected chi connectivity index (χ2v) is 7.13. The van der Waals surface area contributed by atoms with Crippen molar-refractivity contribution in [2.45, 2.75) is 5.92 Å². The number of fused-ring (bicyclic) bond motifs is 4. The minimum atomic E-state index is -1.38. The van der Waals surface area contributed by atoms with Crippen molar-refractivity contribution in [1.82, 2.24) is 15.2 Å². The van der Waals surface area contributed by atoms with Gasteiger partial charge in [-0.1, -0.05) is 48.5 Å². The number of hydrogen-bond acceptors (Lipinski definition) is 5. The highest BCUT2D eigenvalue weighted by atomic mass is 16.5. The highest BCUT2D eigenvalue weighted by Crippen LogP contribution is 2.44. The predicted octanol–water partition coefficient (Wildman–Crippen LogP) is 3.31. The molecule has 0 saturated heterocycles. The highest BCUT2D eigenvalue weighted by Gasteiger charge is 2.29. The van der Waals surface area contributed by atoms with Gasteiger partial charge in [-0.2, -0.15) is 5.10 Å². The van der Waals surface area contributed by atoms with Gasteiger partial charge in [0.2, 0.25) is 0 Å². The van der Waals surface area contributed by atoms with Gasteiger partial charge in [0.1, 0.15) is 17.8 Å². The summed E-state index contributed by atoms with van der Waals surface area (Å²) in [6.45, 7) is 0.124. The van der Waals surface area contributed by atoms with Crippen LogP contribution < -0.4 is 10.9 Å². The van der Waals surface area contributed by atoms with E-state index in [2.05, 4.69) is 20.5 Å². The number of aromatic amines is 2. The number of amides is 1. The number of carboxylic acids is 1. The Morgan fingerprint density at radius 3 is 2.35 bits per heavy atom. The number of ether oxygens (including phenoxy) is 1. The average Bonchev–Trinajstić information content (AvgIpc) is 3.30. The van der Waals surface area contributed by atoms with Crippen LogP contribution in [0.25, 0.3) is 22.2 Å². The molecule has 154 valence electrons. The Morgan fingerprint density at radius 1 is 1.06 bits per heavy atom. The molecule has 1 aliphatic rings. The Kier molecular flexibility index (Phi) is 4.28. The topological polar surface area (TPSA) is 137 Å². The van der Waals surface area contributed by atoms with E-state index in [1.54, 1.807) is 0 Å². The van der Waals surface area contributed by atoms with Gasteiger partial charge < -0.3 is 14.8 Å². The summed E-state index contributed by atoms with van der Waals surface area (Å²) in [5, 5.41) is 18.4. The molecule has 5 rings (SSSR count). The molecule has 0 saturated carbocycles. The third-order valence-corrected chi connectivity index (χ3v) is 5.37. The molecule has 0 unspecified atom stereocenters. The normalized spacial score (nSPS) is 12.4. The van der Waals surface area contributed by atoms with Crippen LogP contribution in [-0.2, 0) is 4.74 Å². The van der Waals surface area contributed by atoms with Gasteiger partial charge in [0.15, 0.2) is 5.82 Å². The fraction of sp³-hybridized carbons (Fsp3) is 0.0909. The molecular formula is C22H16N4O5. The Hall–Kier alpha value is -4.40. The van der Waals surface area contributed by atoms with Crippen LogP contribution in [0.3, 0.4) is 0 Å². The molecule has 4 N–H and O–H groups in total. The maximum atomic E-state index is 12.4. The number of nitrogens with one attached hydrogen (secondary N) is 3. The number of H-pyrrole nitrogens is 2. The number of carboxylic acid groups (broad SMARTS) is 1. The number of anilines is 1. The second kappa shape index (κ2) is 7.13. The van der Waals surface area contributed by atoms with Crippen molar-refractivity contribution in [3.8, 4) is 11.1 Å². The summed E-state index contributed by atoms with van der Waals surface area (Å²) in [7, 11) is 0. The minimum Gasteiger partial charge on any atom is -0.477 e. The summed E-state index contributed by atoms with van der Waals surface area (Å²) in [4.78, 5) is 37.8. The summed E-state index contributed by atoms with van der Waals surface area (Å²) in [5.41, 5.74) is 3.40. The zero-order chi connectivity index (χ0) is 21.5. The van der Waals surface area contributed by atoms with Crippen LogP contribution in [0, 0.1) is 0 Å². The molecule has 9 nitrogen and oxygen atoms in total. The van der Waals surface area contributed by atoms with Crippen LogP contribution >= 0.6 is 0 Å². The highest BCUT2D eigenvalue weighted by molar-refractivity contribution is 5.99. The van der Waals surface area contributed by atoms with E-state index in [-0.39, 0.29) is 29.4 Å². The number of nitrogens with zero attached hydrogens (tertiary/aromatic N) is 1. The number of rotatable bonds is 4. The van der Waals surface area contributed by atoms with Crippen molar-refractivity contribution in [3.63, 3.8) is 0 Å². The maximum Gasteiger partial charge on any atom is 0.412 e. The van der Waals surface area contributed by atoms with Crippen LogP contribution in [0.5, 0.6) is 0 Å². The molecule has 4 aromatic rings. The first-order chi connectivity index (χ1) is 15.0. The molecule has 1 amide bonds. The molecule has 0 radical (unpaired) electrons. The molecule has 1 aliphatic carbocycles. The van der Waals surface area contributed by atoms with Gasteiger partial charge in [0, 0.05) is 5.92 Å². The lowest BCUT2D eigenvalue weighted by Gasteiger charge is -2.14. The predicted molar refractivity (Wildman–Crippen MR) is 112 cm³/mol. The van der Waals surface area contributed by atoms with Gasteiger partial charge in [-0.25, -0.2) is 9.59 Å². The number of carbonyl (C=O) groups excluding carboxylic acids is 1. The lowest BCUT2D eigenvalue weighted by atomic mass is 9.98. The second-order valence-electron chi connectivity index (χ2n) is 7.13. The van der Waals surface area contributed by atoms with Gasteiger partial charge in [0.05, 0.1) is 5.39 Å². The number of carbonyl (C=O) groups is 2. The maximum absolute atomic E-state index is 12.4.